The number of nitrogens with zero attached hydrogens (tertiary/aromatic N) is 1. The fourth-order valence-corrected chi connectivity index (χ4v) is 3.40. The summed E-state index contributed by atoms with van der Waals surface area (Å²) in [4.78, 5) is 3.76. The average Bonchev–Trinajstić information content (AvgIpc) is 2.60. The summed E-state index contributed by atoms with van der Waals surface area (Å²) in [5, 5.41) is 4.73. The highest BCUT2D eigenvalue weighted by Gasteiger charge is 2.48. The van der Waals surface area contributed by atoms with E-state index in [1.165, 1.54) is 12.3 Å². The van der Waals surface area contributed by atoms with Crippen LogP contribution in [0.15, 0.2) is 60.8 Å². The molecule has 0 radical (unpaired) electrons. The maximum absolute atomic E-state index is 12.6. The molecule has 4 aromatic rings. The van der Waals surface area contributed by atoms with Gasteiger partial charge in [0, 0.05) is 17.6 Å². The van der Waals surface area contributed by atoms with Gasteiger partial charge in [0.15, 0.2) is 0 Å². The van der Waals surface area contributed by atoms with E-state index in [9.17, 15) is 21.6 Å². The van der Waals surface area contributed by atoms with Crippen LogP contribution in [0.2, 0.25) is 0 Å². The molecule has 26 heavy (non-hydrogen) atoms. The molecule has 1 aromatic heterocycles. The minimum Gasteiger partial charge on any atom is -0.355 e. The van der Waals surface area contributed by atoms with Gasteiger partial charge < -0.3 is 4.18 Å². The molecule has 0 aliphatic carbocycles. The Morgan fingerprint density at radius 1 is 0.769 bits per heavy atom. The predicted octanol–water partition coefficient (Wildman–Crippen LogP) is 4.77. The zero-order valence-corrected chi connectivity index (χ0v) is 13.8. The Labute approximate surface area is 146 Å². The Balaban J connectivity index is 2.03. The van der Waals surface area contributed by atoms with Gasteiger partial charge >= 0.3 is 15.6 Å². The Morgan fingerprint density at radius 3 is 1.73 bits per heavy atom. The first-order valence-electron chi connectivity index (χ1n) is 7.48. The lowest BCUT2D eigenvalue weighted by Crippen LogP contribution is -2.28. The van der Waals surface area contributed by atoms with Gasteiger partial charge in [0.2, 0.25) is 5.88 Å². The van der Waals surface area contributed by atoms with E-state index < -0.39 is 21.5 Å². The monoisotopic (exact) mass is 377 g/mol. The molecule has 0 aliphatic rings. The molecule has 0 saturated carbocycles. The van der Waals surface area contributed by atoms with Gasteiger partial charge in [-0.25, -0.2) is 4.98 Å². The number of rotatable bonds is 2. The maximum Gasteiger partial charge on any atom is 0.534 e. The molecule has 132 valence electrons. The molecule has 0 fully saturated rings. The molecule has 8 heteroatoms. The Kier molecular flexibility index (Phi) is 3.55. The molecule has 0 unspecified atom stereocenters. The molecule has 4 rings (SSSR count). The van der Waals surface area contributed by atoms with Crippen LogP contribution in [-0.2, 0) is 10.1 Å². The van der Waals surface area contributed by atoms with Crippen molar-refractivity contribution in [2.45, 2.75) is 5.51 Å². The van der Waals surface area contributed by atoms with Crippen LogP contribution < -0.4 is 4.18 Å². The fraction of sp³-hybridized carbons (Fsp3) is 0.0556. The van der Waals surface area contributed by atoms with E-state index in [0.29, 0.717) is 10.8 Å². The van der Waals surface area contributed by atoms with Crippen molar-refractivity contribution in [1.29, 1.82) is 0 Å². The van der Waals surface area contributed by atoms with Crippen molar-refractivity contribution in [2.24, 2.45) is 0 Å². The number of fused-ring (bicyclic) bond motifs is 6. The smallest absolute Gasteiger partial charge is 0.355 e. The third-order valence-corrected chi connectivity index (χ3v) is 5.04. The average molecular weight is 377 g/mol. The highest BCUT2D eigenvalue weighted by atomic mass is 32.2. The van der Waals surface area contributed by atoms with E-state index >= 15 is 0 Å². The molecular weight excluding hydrogens is 367 g/mol. The Bertz CT molecular complexity index is 1230. The molecule has 0 N–H and O–H groups in total. The van der Waals surface area contributed by atoms with Crippen LogP contribution in [0.5, 0.6) is 5.88 Å². The molecule has 0 atom stereocenters. The largest absolute Gasteiger partial charge is 0.534 e. The summed E-state index contributed by atoms with van der Waals surface area (Å²) in [6.45, 7) is 0. The topological polar surface area (TPSA) is 56.3 Å². The number of alkyl halides is 3. The quantitative estimate of drug-likeness (QED) is 0.287. The highest BCUT2D eigenvalue weighted by Crippen LogP contribution is 2.36. The van der Waals surface area contributed by atoms with Crippen LogP contribution in [-0.4, -0.2) is 18.9 Å². The molecule has 0 amide bonds. The standard InChI is InChI=1S/C18H10F3NO3S/c19-18(20,21)26(23,24)25-17-9-15-13-7-3-1-5-11(13)12-6-2-4-8-14(12)16(15)10-22-17/h1-10H. The molecule has 0 spiro atoms. The second-order valence-electron chi connectivity index (χ2n) is 5.64. The number of hydrogen-bond acceptors (Lipinski definition) is 4. The summed E-state index contributed by atoms with van der Waals surface area (Å²) in [6.07, 6.45) is 1.32. The number of aromatic nitrogens is 1. The first-order valence-corrected chi connectivity index (χ1v) is 8.89. The molecule has 0 saturated heterocycles. The van der Waals surface area contributed by atoms with Crippen LogP contribution in [0.4, 0.5) is 13.2 Å². The predicted molar refractivity (Wildman–Crippen MR) is 92.4 cm³/mol. The van der Waals surface area contributed by atoms with Gasteiger partial charge in [0.05, 0.1) is 0 Å². The van der Waals surface area contributed by atoms with Gasteiger partial charge in [-0.1, -0.05) is 48.5 Å². The summed E-state index contributed by atoms with van der Waals surface area (Å²) in [6, 6.07) is 16.1. The van der Waals surface area contributed by atoms with Gasteiger partial charge in [-0.15, -0.1) is 0 Å². The summed E-state index contributed by atoms with van der Waals surface area (Å²) in [5.74, 6) is -0.629. The maximum atomic E-state index is 12.6. The van der Waals surface area contributed by atoms with Crippen molar-refractivity contribution in [1.82, 2.24) is 4.98 Å². The Morgan fingerprint density at radius 2 is 1.23 bits per heavy atom. The van der Waals surface area contributed by atoms with Crippen molar-refractivity contribution in [3.05, 3.63) is 60.8 Å². The van der Waals surface area contributed by atoms with Crippen LogP contribution in [0.1, 0.15) is 0 Å². The number of benzene rings is 3. The SMILES string of the molecule is O=S(=O)(Oc1cc2c3ccccc3c3ccccc3c2cn1)C(F)(F)F. The van der Waals surface area contributed by atoms with E-state index in [4.69, 9.17) is 0 Å². The summed E-state index contributed by atoms with van der Waals surface area (Å²) >= 11 is 0. The highest BCUT2D eigenvalue weighted by molar-refractivity contribution is 7.87. The zero-order chi connectivity index (χ0) is 18.5. The third kappa shape index (κ3) is 2.53. The van der Waals surface area contributed by atoms with Crippen LogP contribution in [0, 0.1) is 0 Å². The van der Waals surface area contributed by atoms with Crippen molar-refractivity contribution < 1.29 is 25.8 Å². The first-order chi connectivity index (χ1) is 12.3. The molecule has 1 heterocycles. The summed E-state index contributed by atoms with van der Waals surface area (Å²) < 4.78 is 64.3. The van der Waals surface area contributed by atoms with E-state index in [2.05, 4.69) is 9.17 Å². The molecular formula is C18H10F3NO3S. The van der Waals surface area contributed by atoms with E-state index in [-0.39, 0.29) is 0 Å². The molecule has 0 aliphatic heterocycles. The first kappa shape index (κ1) is 16.6. The molecule has 4 nitrogen and oxygen atoms in total. The zero-order valence-electron chi connectivity index (χ0n) is 13.0. The number of pyridine rings is 1. The summed E-state index contributed by atoms with van der Waals surface area (Å²) in [7, 11) is -5.78. The van der Waals surface area contributed by atoms with Crippen LogP contribution >= 0.6 is 0 Å². The Hall–Kier alpha value is -2.87. The van der Waals surface area contributed by atoms with Crippen molar-refractivity contribution in [3.63, 3.8) is 0 Å². The number of halogens is 3. The van der Waals surface area contributed by atoms with Gasteiger partial charge in [-0.3, -0.25) is 0 Å². The van der Waals surface area contributed by atoms with Crippen molar-refractivity contribution >= 4 is 42.4 Å². The summed E-state index contributed by atoms with van der Waals surface area (Å²) in [5.41, 5.74) is -5.52. The van der Waals surface area contributed by atoms with Crippen molar-refractivity contribution in [2.75, 3.05) is 0 Å². The van der Waals surface area contributed by atoms with Gasteiger partial charge in [0.25, 0.3) is 0 Å². The number of hydrogen-bond donors (Lipinski definition) is 0. The third-order valence-electron chi connectivity index (χ3n) is 4.08. The van der Waals surface area contributed by atoms with Gasteiger partial charge in [-0.2, -0.15) is 21.6 Å². The lowest BCUT2D eigenvalue weighted by molar-refractivity contribution is -0.0501. The van der Waals surface area contributed by atoms with Gasteiger partial charge in [0.1, 0.15) is 0 Å². The lowest BCUT2D eigenvalue weighted by atomic mass is 9.96. The van der Waals surface area contributed by atoms with Gasteiger partial charge in [-0.05, 0) is 26.9 Å². The molecule has 3 aromatic carbocycles. The van der Waals surface area contributed by atoms with Crippen LogP contribution in [0.3, 0.4) is 0 Å². The van der Waals surface area contributed by atoms with E-state index in [1.54, 1.807) is 6.07 Å². The van der Waals surface area contributed by atoms with Crippen LogP contribution in [0.25, 0.3) is 32.3 Å². The van der Waals surface area contributed by atoms with E-state index in [0.717, 1.165) is 21.5 Å². The van der Waals surface area contributed by atoms with Crippen molar-refractivity contribution in [3.8, 4) is 5.88 Å². The minimum atomic E-state index is -5.78. The molecule has 0 bridgehead atoms. The van der Waals surface area contributed by atoms with E-state index in [1.807, 2.05) is 42.5 Å². The second-order valence-corrected chi connectivity index (χ2v) is 7.18. The fourth-order valence-electron chi connectivity index (χ4n) is 2.98. The normalized spacial score (nSPS) is 12.7. The second kappa shape index (κ2) is 5.57. The lowest BCUT2D eigenvalue weighted by Gasteiger charge is -2.12. The minimum absolute atomic E-state index is 0.557.